The van der Waals surface area contributed by atoms with Crippen LogP contribution in [0, 0.1) is 11.3 Å². The number of carbonyl (C=O) groups excluding carboxylic acids is 1. The van der Waals surface area contributed by atoms with Gasteiger partial charge in [0.1, 0.15) is 0 Å². The molecule has 0 spiro atoms. The zero-order valence-electron chi connectivity index (χ0n) is 14.6. The van der Waals surface area contributed by atoms with E-state index < -0.39 is 0 Å². The Morgan fingerprint density at radius 3 is 3.12 bits per heavy atom. The van der Waals surface area contributed by atoms with Crippen molar-refractivity contribution in [2.45, 2.75) is 25.9 Å². The summed E-state index contributed by atoms with van der Waals surface area (Å²) < 4.78 is 7.73. The van der Waals surface area contributed by atoms with Crippen molar-refractivity contribution in [2.24, 2.45) is 18.4 Å². The van der Waals surface area contributed by atoms with Crippen LogP contribution in [0.15, 0.2) is 36.9 Å². The smallest absolute Gasteiger partial charge is 0.257 e. The Labute approximate surface area is 147 Å². The SMILES string of the molecule is Cn1cc(C(=O)N2C[C@H]3CCC[C@@]3(COCc3cccnc3)C2)cn1. The van der Waals surface area contributed by atoms with Crippen molar-refractivity contribution in [2.75, 3.05) is 19.7 Å². The average Bonchev–Trinajstić information content (AvgIpc) is 3.29. The Morgan fingerprint density at radius 1 is 1.44 bits per heavy atom. The third-order valence-corrected chi connectivity index (χ3v) is 5.66. The number of hydrogen-bond donors (Lipinski definition) is 0. The van der Waals surface area contributed by atoms with Crippen molar-refractivity contribution in [3.05, 3.63) is 48.0 Å². The van der Waals surface area contributed by atoms with Gasteiger partial charge in [-0.3, -0.25) is 14.5 Å². The summed E-state index contributed by atoms with van der Waals surface area (Å²) >= 11 is 0. The molecule has 0 aromatic carbocycles. The molecule has 2 aliphatic rings. The van der Waals surface area contributed by atoms with E-state index in [1.165, 1.54) is 12.8 Å². The zero-order chi connectivity index (χ0) is 17.3. The molecule has 1 saturated heterocycles. The van der Waals surface area contributed by atoms with E-state index in [-0.39, 0.29) is 11.3 Å². The lowest BCUT2D eigenvalue weighted by molar-refractivity contribution is 0.0264. The zero-order valence-corrected chi connectivity index (χ0v) is 14.6. The van der Waals surface area contributed by atoms with E-state index in [1.807, 2.05) is 30.3 Å². The summed E-state index contributed by atoms with van der Waals surface area (Å²) in [4.78, 5) is 18.9. The van der Waals surface area contributed by atoms with Crippen LogP contribution >= 0.6 is 0 Å². The number of amides is 1. The number of pyridine rings is 1. The van der Waals surface area contributed by atoms with Crippen LogP contribution in [0.3, 0.4) is 0 Å². The molecule has 0 N–H and O–H groups in total. The predicted octanol–water partition coefficient (Wildman–Crippen LogP) is 2.27. The maximum absolute atomic E-state index is 12.8. The fourth-order valence-electron chi connectivity index (χ4n) is 4.37. The Hall–Kier alpha value is -2.21. The van der Waals surface area contributed by atoms with Crippen LogP contribution in [-0.4, -0.2) is 45.3 Å². The largest absolute Gasteiger partial charge is 0.376 e. The topological polar surface area (TPSA) is 60.2 Å². The highest BCUT2D eigenvalue weighted by Gasteiger charge is 2.50. The lowest BCUT2D eigenvalue weighted by atomic mass is 9.81. The number of nitrogens with zero attached hydrogens (tertiary/aromatic N) is 4. The number of ether oxygens (including phenoxy) is 1. The molecular formula is C19H24N4O2. The van der Waals surface area contributed by atoms with Gasteiger partial charge in [0.05, 0.1) is 25.0 Å². The maximum Gasteiger partial charge on any atom is 0.257 e. The Kier molecular flexibility index (Phi) is 4.29. The van der Waals surface area contributed by atoms with E-state index in [4.69, 9.17) is 4.74 Å². The molecule has 1 saturated carbocycles. The van der Waals surface area contributed by atoms with Gasteiger partial charge in [0.25, 0.3) is 5.91 Å². The first-order valence-corrected chi connectivity index (χ1v) is 8.91. The van der Waals surface area contributed by atoms with Crippen LogP contribution in [0.4, 0.5) is 0 Å². The van der Waals surface area contributed by atoms with Crippen LogP contribution in [-0.2, 0) is 18.4 Å². The summed E-state index contributed by atoms with van der Waals surface area (Å²) in [5, 5.41) is 4.12. The number of rotatable bonds is 5. The maximum atomic E-state index is 12.8. The third kappa shape index (κ3) is 3.18. The van der Waals surface area contributed by atoms with E-state index in [9.17, 15) is 4.79 Å². The van der Waals surface area contributed by atoms with Gasteiger partial charge in [-0.05, 0) is 30.4 Å². The molecule has 1 aliphatic carbocycles. The van der Waals surface area contributed by atoms with Gasteiger partial charge in [0.15, 0.2) is 0 Å². The molecule has 6 nitrogen and oxygen atoms in total. The van der Waals surface area contributed by atoms with Crippen LogP contribution in [0.5, 0.6) is 0 Å². The van der Waals surface area contributed by atoms with Gasteiger partial charge >= 0.3 is 0 Å². The molecular weight excluding hydrogens is 316 g/mol. The van der Waals surface area contributed by atoms with Crippen molar-refractivity contribution in [1.82, 2.24) is 19.7 Å². The van der Waals surface area contributed by atoms with Crippen LogP contribution in [0.25, 0.3) is 0 Å². The molecule has 2 aromatic heterocycles. The summed E-state index contributed by atoms with van der Waals surface area (Å²) in [6.07, 6.45) is 10.6. The minimum absolute atomic E-state index is 0.0918. The number of likely N-dealkylation sites (tertiary alicyclic amines) is 1. The lowest BCUT2D eigenvalue weighted by Crippen LogP contribution is -2.34. The fraction of sp³-hybridized carbons (Fsp3) is 0.526. The van der Waals surface area contributed by atoms with Crippen molar-refractivity contribution in [3.8, 4) is 0 Å². The fourth-order valence-corrected chi connectivity index (χ4v) is 4.37. The monoisotopic (exact) mass is 340 g/mol. The Morgan fingerprint density at radius 2 is 2.36 bits per heavy atom. The van der Waals surface area contributed by atoms with Crippen LogP contribution in [0.2, 0.25) is 0 Å². The van der Waals surface area contributed by atoms with E-state index in [2.05, 4.69) is 10.1 Å². The second-order valence-corrected chi connectivity index (χ2v) is 7.39. The third-order valence-electron chi connectivity index (χ3n) is 5.66. The first-order valence-electron chi connectivity index (χ1n) is 8.91. The molecule has 0 bridgehead atoms. The number of aromatic nitrogens is 3. The number of fused-ring (bicyclic) bond motifs is 1. The van der Waals surface area contributed by atoms with E-state index in [1.54, 1.807) is 23.3 Å². The molecule has 1 aliphatic heterocycles. The number of hydrogen-bond acceptors (Lipinski definition) is 4. The van der Waals surface area contributed by atoms with Gasteiger partial charge in [0, 0.05) is 44.1 Å². The van der Waals surface area contributed by atoms with Crippen LogP contribution in [0.1, 0.15) is 35.2 Å². The van der Waals surface area contributed by atoms with Crippen molar-refractivity contribution in [1.29, 1.82) is 0 Å². The van der Waals surface area contributed by atoms with Crippen molar-refractivity contribution < 1.29 is 9.53 Å². The highest BCUT2D eigenvalue weighted by atomic mass is 16.5. The number of aryl methyl sites for hydroxylation is 1. The highest BCUT2D eigenvalue weighted by molar-refractivity contribution is 5.94. The summed E-state index contributed by atoms with van der Waals surface area (Å²) in [7, 11) is 1.84. The minimum atomic E-state index is 0.0918. The van der Waals surface area contributed by atoms with Gasteiger partial charge < -0.3 is 9.64 Å². The molecule has 0 unspecified atom stereocenters. The quantitative estimate of drug-likeness (QED) is 0.838. The molecule has 2 fully saturated rings. The predicted molar refractivity (Wildman–Crippen MR) is 92.8 cm³/mol. The summed E-state index contributed by atoms with van der Waals surface area (Å²) in [6.45, 7) is 2.92. The second-order valence-electron chi connectivity index (χ2n) is 7.39. The standard InChI is InChI=1S/C19H24N4O2/c1-22-10-16(9-21-22)18(24)23-11-17-5-2-6-19(17,13-23)14-25-12-15-4-3-7-20-8-15/h3-4,7-10,17H,2,5-6,11-14H2,1H3/t17-,19+/m1/s1. The summed E-state index contributed by atoms with van der Waals surface area (Å²) in [5.41, 5.74) is 1.88. The molecule has 2 atom stereocenters. The molecule has 3 heterocycles. The highest BCUT2D eigenvalue weighted by Crippen LogP contribution is 2.49. The average molecular weight is 340 g/mol. The lowest BCUT2D eigenvalue weighted by Gasteiger charge is -2.28. The minimum Gasteiger partial charge on any atom is -0.376 e. The normalized spacial score (nSPS) is 25.3. The molecule has 0 radical (unpaired) electrons. The van der Waals surface area contributed by atoms with Gasteiger partial charge in [-0.1, -0.05) is 12.5 Å². The summed E-state index contributed by atoms with van der Waals surface area (Å²) in [5.74, 6) is 0.635. The summed E-state index contributed by atoms with van der Waals surface area (Å²) in [6, 6.07) is 3.96. The molecule has 1 amide bonds. The van der Waals surface area contributed by atoms with Crippen LogP contribution < -0.4 is 0 Å². The molecule has 6 heteroatoms. The first kappa shape index (κ1) is 16.3. The Bertz CT molecular complexity index is 745. The molecule has 2 aromatic rings. The van der Waals surface area contributed by atoms with E-state index in [0.717, 1.165) is 25.1 Å². The van der Waals surface area contributed by atoms with Gasteiger partial charge in [-0.2, -0.15) is 5.10 Å². The van der Waals surface area contributed by atoms with E-state index in [0.29, 0.717) is 24.7 Å². The van der Waals surface area contributed by atoms with Gasteiger partial charge in [-0.15, -0.1) is 0 Å². The van der Waals surface area contributed by atoms with Crippen molar-refractivity contribution in [3.63, 3.8) is 0 Å². The van der Waals surface area contributed by atoms with Crippen molar-refractivity contribution >= 4 is 5.91 Å². The molecule has 132 valence electrons. The van der Waals surface area contributed by atoms with Gasteiger partial charge in [-0.25, -0.2) is 0 Å². The van der Waals surface area contributed by atoms with Gasteiger partial charge in [0.2, 0.25) is 0 Å². The number of carbonyl (C=O) groups is 1. The second kappa shape index (κ2) is 6.59. The first-order chi connectivity index (χ1) is 12.2. The van der Waals surface area contributed by atoms with E-state index >= 15 is 0 Å². The molecule has 4 rings (SSSR count). The molecule has 25 heavy (non-hydrogen) atoms. The Balaban J connectivity index is 1.41.